The second-order valence-corrected chi connectivity index (χ2v) is 7.28. The molecule has 4 aromatic rings. The number of ether oxygens (including phenoxy) is 1. The highest BCUT2D eigenvalue weighted by Crippen LogP contribution is 2.33. The Morgan fingerprint density at radius 3 is 2.13 bits per heavy atom. The largest absolute Gasteiger partial charge is 0.494 e. The van der Waals surface area contributed by atoms with Crippen molar-refractivity contribution in [2.75, 3.05) is 7.11 Å². The van der Waals surface area contributed by atoms with Crippen molar-refractivity contribution < 1.29 is 17.9 Å². The average Bonchev–Trinajstić information content (AvgIpc) is 2.74. The van der Waals surface area contributed by atoms with Crippen molar-refractivity contribution in [1.29, 1.82) is 0 Å². The molecule has 0 aliphatic carbocycles. The number of aryl methyl sites for hydroxylation is 1. The number of hydrogen-bond donors (Lipinski definition) is 0. The minimum absolute atomic E-state index is 0.0936. The van der Waals surface area contributed by atoms with E-state index in [1.165, 1.54) is 30.9 Å². The predicted octanol–water partition coefficient (Wildman–Crippen LogP) is 7.55. The first kappa shape index (κ1) is 20.0. The van der Waals surface area contributed by atoms with Crippen molar-refractivity contribution in [3.05, 3.63) is 89.7 Å². The quantitative estimate of drug-likeness (QED) is 0.332. The van der Waals surface area contributed by atoms with Crippen molar-refractivity contribution in [2.45, 2.75) is 19.8 Å². The van der Waals surface area contributed by atoms with Crippen molar-refractivity contribution in [1.82, 2.24) is 0 Å². The van der Waals surface area contributed by atoms with Crippen LogP contribution in [0, 0.1) is 17.5 Å². The van der Waals surface area contributed by atoms with E-state index in [-0.39, 0.29) is 17.1 Å². The monoisotopic (exact) mass is 406 g/mol. The van der Waals surface area contributed by atoms with Crippen molar-refractivity contribution in [2.24, 2.45) is 0 Å². The molecule has 4 rings (SSSR count). The maximum atomic E-state index is 15.2. The number of benzene rings is 4. The summed E-state index contributed by atoms with van der Waals surface area (Å²) in [7, 11) is 1.37. The maximum absolute atomic E-state index is 15.2. The summed E-state index contributed by atoms with van der Waals surface area (Å²) in [6, 6.07) is 18.0. The molecular weight excluding hydrogens is 385 g/mol. The summed E-state index contributed by atoms with van der Waals surface area (Å²) in [5.41, 5.74) is 2.56. The summed E-state index contributed by atoms with van der Waals surface area (Å²) >= 11 is 0. The Balaban J connectivity index is 1.73. The summed E-state index contributed by atoms with van der Waals surface area (Å²) in [6.07, 6.45) is 1.97. The summed E-state index contributed by atoms with van der Waals surface area (Å²) in [4.78, 5) is 0. The van der Waals surface area contributed by atoms with Gasteiger partial charge in [0.1, 0.15) is 11.6 Å². The first-order chi connectivity index (χ1) is 14.5. The predicted molar refractivity (Wildman–Crippen MR) is 115 cm³/mol. The van der Waals surface area contributed by atoms with Gasteiger partial charge in [-0.3, -0.25) is 0 Å². The average molecular weight is 406 g/mol. The van der Waals surface area contributed by atoms with Crippen LogP contribution in [0.4, 0.5) is 13.2 Å². The van der Waals surface area contributed by atoms with Gasteiger partial charge in [-0.2, -0.15) is 0 Å². The highest BCUT2D eigenvalue weighted by atomic mass is 19.1. The van der Waals surface area contributed by atoms with Crippen molar-refractivity contribution >= 4 is 10.8 Å². The smallest absolute Gasteiger partial charge is 0.165 e. The van der Waals surface area contributed by atoms with Crippen LogP contribution in [0.5, 0.6) is 5.75 Å². The highest BCUT2D eigenvalue weighted by molar-refractivity contribution is 5.89. The van der Waals surface area contributed by atoms with Crippen molar-refractivity contribution in [3.63, 3.8) is 0 Å². The number of rotatable bonds is 5. The fourth-order valence-electron chi connectivity index (χ4n) is 3.76. The molecule has 0 aliphatic rings. The van der Waals surface area contributed by atoms with Crippen LogP contribution < -0.4 is 4.74 Å². The Labute approximate surface area is 173 Å². The van der Waals surface area contributed by atoms with Crippen LogP contribution >= 0.6 is 0 Å². The first-order valence-corrected chi connectivity index (χ1v) is 9.86. The van der Waals surface area contributed by atoms with E-state index in [1.54, 1.807) is 30.3 Å². The maximum Gasteiger partial charge on any atom is 0.165 e. The Morgan fingerprint density at radius 2 is 1.43 bits per heavy atom. The van der Waals surface area contributed by atoms with Crippen LogP contribution in [0.3, 0.4) is 0 Å². The number of hydrogen-bond acceptors (Lipinski definition) is 1. The third-order valence-electron chi connectivity index (χ3n) is 5.30. The molecule has 0 unspecified atom stereocenters. The second-order valence-electron chi connectivity index (χ2n) is 7.28. The summed E-state index contributed by atoms with van der Waals surface area (Å²) in [5.74, 6) is -1.40. The lowest BCUT2D eigenvalue weighted by Gasteiger charge is -2.11. The van der Waals surface area contributed by atoms with Crippen LogP contribution in [0.1, 0.15) is 18.9 Å². The molecule has 1 nitrogen and oxygen atoms in total. The molecule has 0 aromatic heterocycles. The van der Waals surface area contributed by atoms with Crippen LogP contribution in [-0.4, -0.2) is 7.11 Å². The molecule has 0 radical (unpaired) electrons. The van der Waals surface area contributed by atoms with Gasteiger partial charge in [0.15, 0.2) is 11.6 Å². The molecule has 4 aromatic carbocycles. The van der Waals surface area contributed by atoms with E-state index in [2.05, 4.69) is 6.92 Å². The molecule has 0 fully saturated rings. The molecule has 0 saturated carbocycles. The minimum Gasteiger partial charge on any atom is -0.494 e. The molecule has 0 N–H and O–H groups in total. The third-order valence-corrected chi connectivity index (χ3v) is 5.30. The van der Waals surface area contributed by atoms with E-state index in [9.17, 15) is 8.78 Å². The Kier molecular flexibility index (Phi) is 5.49. The molecule has 0 spiro atoms. The molecule has 4 heteroatoms. The number of halogens is 3. The van der Waals surface area contributed by atoms with Gasteiger partial charge in [-0.15, -0.1) is 0 Å². The zero-order valence-corrected chi connectivity index (χ0v) is 16.8. The van der Waals surface area contributed by atoms with E-state index < -0.39 is 11.6 Å². The van der Waals surface area contributed by atoms with E-state index in [0.717, 1.165) is 18.2 Å². The lowest BCUT2D eigenvalue weighted by atomic mass is 9.96. The third kappa shape index (κ3) is 3.65. The zero-order chi connectivity index (χ0) is 21.3. The molecule has 30 heavy (non-hydrogen) atoms. The summed E-state index contributed by atoms with van der Waals surface area (Å²) in [6.45, 7) is 2.10. The molecule has 0 saturated heterocycles. The topological polar surface area (TPSA) is 9.23 Å². The van der Waals surface area contributed by atoms with E-state index in [0.29, 0.717) is 22.1 Å². The van der Waals surface area contributed by atoms with Crippen LogP contribution in [0.25, 0.3) is 33.0 Å². The molecule has 0 aliphatic heterocycles. The fourth-order valence-corrected chi connectivity index (χ4v) is 3.76. The minimum atomic E-state index is -0.568. The normalized spacial score (nSPS) is 11.1. The van der Waals surface area contributed by atoms with Crippen LogP contribution in [0.2, 0.25) is 0 Å². The number of methoxy groups -OCH3 is 1. The van der Waals surface area contributed by atoms with Crippen LogP contribution in [-0.2, 0) is 6.42 Å². The van der Waals surface area contributed by atoms with Gasteiger partial charge < -0.3 is 4.74 Å². The van der Waals surface area contributed by atoms with Gasteiger partial charge in [0.25, 0.3) is 0 Å². The SMILES string of the molecule is CCCc1ccc2c(F)c(-c3ccc(-c4ccc(OC)c(F)c4)c(F)c3)ccc2c1. The fraction of sp³-hybridized carbons (Fsp3) is 0.154. The molecule has 0 bridgehead atoms. The van der Waals surface area contributed by atoms with E-state index >= 15 is 4.39 Å². The van der Waals surface area contributed by atoms with Gasteiger partial charge in [-0.25, -0.2) is 13.2 Å². The zero-order valence-electron chi connectivity index (χ0n) is 16.8. The van der Waals surface area contributed by atoms with Gasteiger partial charge in [0, 0.05) is 16.5 Å². The highest BCUT2D eigenvalue weighted by Gasteiger charge is 2.14. The van der Waals surface area contributed by atoms with Gasteiger partial charge in [-0.05, 0) is 46.7 Å². The van der Waals surface area contributed by atoms with Gasteiger partial charge in [0.05, 0.1) is 7.11 Å². The molecule has 152 valence electrons. The Hall–Kier alpha value is -3.27. The first-order valence-electron chi connectivity index (χ1n) is 9.86. The molecule has 0 atom stereocenters. The van der Waals surface area contributed by atoms with E-state index in [1.807, 2.05) is 18.2 Å². The van der Waals surface area contributed by atoms with Gasteiger partial charge in [-0.1, -0.05) is 61.9 Å². The lowest BCUT2D eigenvalue weighted by Crippen LogP contribution is -1.93. The Bertz CT molecular complexity index is 1230. The van der Waals surface area contributed by atoms with Crippen LogP contribution in [0.15, 0.2) is 66.7 Å². The number of fused-ring (bicyclic) bond motifs is 1. The summed E-state index contributed by atoms with van der Waals surface area (Å²) in [5, 5.41) is 1.34. The molecule has 0 heterocycles. The van der Waals surface area contributed by atoms with E-state index in [4.69, 9.17) is 4.74 Å². The lowest BCUT2D eigenvalue weighted by molar-refractivity contribution is 0.386. The van der Waals surface area contributed by atoms with Crippen molar-refractivity contribution in [3.8, 4) is 28.0 Å². The van der Waals surface area contributed by atoms with Gasteiger partial charge >= 0.3 is 0 Å². The van der Waals surface area contributed by atoms with Gasteiger partial charge in [0.2, 0.25) is 0 Å². The standard InChI is InChI=1S/C26H21F3O/c1-3-4-16-5-9-21-17(13-16)7-11-22(26(21)29)19-6-10-20(23(27)14-19)18-8-12-25(30-2)24(28)15-18/h5-15H,3-4H2,1-2H3. The Morgan fingerprint density at radius 1 is 0.733 bits per heavy atom. The molecule has 0 amide bonds. The second kappa shape index (κ2) is 8.23. The molecular formula is C26H21F3O. The summed E-state index contributed by atoms with van der Waals surface area (Å²) < 4.78 is 48.9.